The fraction of sp³-hybridized carbons (Fsp3) is 0.0769. The van der Waals surface area contributed by atoms with E-state index >= 15 is 0 Å². The van der Waals surface area contributed by atoms with E-state index in [0.29, 0.717) is 5.56 Å². The molecule has 0 fully saturated rings. The third kappa shape index (κ3) is 2.42. The molecule has 0 amide bonds. The van der Waals surface area contributed by atoms with E-state index in [0.717, 1.165) is 6.07 Å². The first kappa shape index (κ1) is 13.1. The van der Waals surface area contributed by atoms with Crippen molar-refractivity contribution in [3.8, 4) is 0 Å². The largest absolute Gasteiger partial charge is 0.320 e. The van der Waals surface area contributed by atoms with Crippen molar-refractivity contribution in [1.29, 1.82) is 0 Å². The summed E-state index contributed by atoms with van der Waals surface area (Å²) >= 11 is 2.98. The summed E-state index contributed by atoms with van der Waals surface area (Å²) in [6, 6.07) is 6.62. The van der Waals surface area contributed by atoms with Crippen LogP contribution in [0.25, 0.3) is 0 Å². The molecule has 0 aliphatic rings. The smallest absolute Gasteiger partial charge is 0.145 e. The Hall–Kier alpha value is -1.33. The molecule has 2 N–H and O–H groups in total. The highest BCUT2D eigenvalue weighted by molar-refractivity contribution is 9.10. The lowest BCUT2D eigenvalue weighted by molar-refractivity contribution is 0.539. The number of nitrogens with two attached hydrogens (primary N) is 1. The molecule has 0 saturated carbocycles. The van der Waals surface area contributed by atoms with Crippen molar-refractivity contribution in [2.24, 2.45) is 5.73 Å². The molecule has 0 saturated heterocycles. The van der Waals surface area contributed by atoms with E-state index in [4.69, 9.17) is 5.73 Å². The van der Waals surface area contributed by atoms with Gasteiger partial charge in [-0.15, -0.1) is 0 Å². The SMILES string of the molecule is NC(c1ccc(F)cc1)c1c(F)ccc(Br)c1F. The van der Waals surface area contributed by atoms with E-state index in [-0.39, 0.29) is 10.0 Å². The molecule has 2 rings (SSSR count). The first-order valence-electron chi connectivity index (χ1n) is 5.15. The first-order chi connectivity index (χ1) is 8.50. The highest BCUT2D eigenvalue weighted by Gasteiger charge is 2.20. The maximum absolute atomic E-state index is 13.8. The summed E-state index contributed by atoms with van der Waals surface area (Å²) in [6.07, 6.45) is 0. The van der Waals surface area contributed by atoms with Crippen molar-refractivity contribution >= 4 is 15.9 Å². The van der Waals surface area contributed by atoms with Gasteiger partial charge in [-0.1, -0.05) is 12.1 Å². The van der Waals surface area contributed by atoms with Crippen molar-refractivity contribution in [2.75, 3.05) is 0 Å². The lowest BCUT2D eigenvalue weighted by Gasteiger charge is -2.15. The third-order valence-corrected chi connectivity index (χ3v) is 3.23. The van der Waals surface area contributed by atoms with Gasteiger partial charge in [-0.25, -0.2) is 13.2 Å². The Morgan fingerprint density at radius 3 is 2.17 bits per heavy atom. The van der Waals surface area contributed by atoms with Crippen LogP contribution in [0.2, 0.25) is 0 Å². The minimum absolute atomic E-state index is 0.136. The van der Waals surface area contributed by atoms with Gasteiger partial charge < -0.3 is 5.73 Å². The molecule has 1 nitrogen and oxygen atoms in total. The summed E-state index contributed by atoms with van der Waals surface area (Å²) in [5.41, 5.74) is 6.01. The molecule has 18 heavy (non-hydrogen) atoms. The van der Waals surface area contributed by atoms with Gasteiger partial charge >= 0.3 is 0 Å². The maximum atomic E-state index is 13.8. The Morgan fingerprint density at radius 1 is 0.944 bits per heavy atom. The summed E-state index contributed by atoms with van der Waals surface area (Å²) in [5.74, 6) is -1.90. The highest BCUT2D eigenvalue weighted by Crippen LogP contribution is 2.29. The summed E-state index contributed by atoms with van der Waals surface area (Å²) < 4.78 is 40.4. The van der Waals surface area contributed by atoms with Gasteiger partial charge in [-0.2, -0.15) is 0 Å². The van der Waals surface area contributed by atoms with E-state index in [2.05, 4.69) is 15.9 Å². The minimum Gasteiger partial charge on any atom is -0.320 e. The summed E-state index contributed by atoms with van der Waals surface area (Å²) in [4.78, 5) is 0. The third-order valence-electron chi connectivity index (χ3n) is 2.62. The molecule has 0 spiro atoms. The minimum atomic E-state index is -0.983. The van der Waals surface area contributed by atoms with Crippen molar-refractivity contribution < 1.29 is 13.2 Å². The Morgan fingerprint density at radius 2 is 1.56 bits per heavy atom. The second kappa shape index (κ2) is 5.12. The van der Waals surface area contributed by atoms with Gasteiger partial charge in [0, 0.05) is 5.56 Å². The molecule has 0 aliphatic heterocycles. The van der Waals surface area contributed by atoms with Gasteiger partial charge in [0.1, 0.15) is 17.5 Å². The second-order valence-electron chi connectivity index (χ2n) is 3.79. The monoisotopic (exact) mass is 315 g/mol. The molecular weight excluding hydrogens is 307 g/mol. The number of benzene rings is 2. The van der Waals surface area contributed by atoms with Crippen LogP contribution in [-0.4, -0.2) is 0 Å². The normalized spacial score (nSPS) is 12.5. The van der Waals surface area contributed by atoms with Crippen LogP contribution in [-0.2, 0) is 0 Å². The maximum Gasteiger partial charge on any atom is 0.145 e. The van der Waals surface area contributed by atoms with Crippen LogP contribution in [0.5, 0.6) is 0 Å². The molecule has 94 valence electrons. The lowest BCUT2D eigenvalue weighted by Crippen LogP contribution is -2.16. The summed E-state index contributed by atoms with van der Waals surface area (Å²) in [6.45, 7) is 0. The van der Waals surface area contributed by atoms with Crippen molar-refractivity contribution in [3.63, 3.8) is 0 Å². The topological polar surface area (TPSA) is 26.0 Å². The zero-order chi connectivity index (χ0) is 13.3. The molecular formula is C13H9BrF3N. The molecule has 5 heteroatoms. The van der Waals surface area contributed by atoms with Gasteiger partial charge in [-0.05, 0) is 45.8 Å². The molecule has 0 heterocycles. The molecule has 0 radical (unpaired) electrons. The Bertz CT molecular complexity index is 569. The van der Waals surface area contributed by atoms with Crippen LogP contribution < -0.4 is 5.73 Å². The number of hydrogen-bond donors (Lipinski definition) is 1. The van der Waals surface area contributed by atoms with E-state index in [9.17, 15) is 13.2 Å². The van der Waals surface area contributed by atoms with Crippen LogP contribution in [0.1, 0.15) is 17.2 Å². The van der Waals surface area contributed by atoms with E-state index in [1.54, 1.807) is 0 Å². The zero-order valence-corrected chi connectivity index (χ0v) is 10.7. The van der Waals surface area contributed by atoms with E-state index in [1.807, 2.05) is 0 Å². The Balaban J connectivity index is 2.49. The van der Waals surface area contributed by atoms with Gasteiger partial charge in [0.2, 0.25) is 0 Å². The molecule has 1 atom stereocenters. The Kier molecular flexibility index (Phi) is 3.73. The first-order valence-corrected chi connectivity index (χ1v) is 5.94. The van der Waals surface area contributed by atoms with Crippen molar-refractivity contribution in [1.82, 2.24) is 0 Å². The van der Waals surface area contributed by atoms with Gasteiger partial charge in [-0.3, -0.25) is 0 Å². The van der Waals surface area contributed by atoms with Crippen molar-refractivity contribution in [3.05, 3.63) is 69.4 Å². The standard InChI is InChI=1S/C13H9BrF3N/c14-9-5-6-10(16)11(12(9)17)13(18)7-1-3-8(15)4-2-7/h1-6,13H,18H2. The lowest BCUT2D eigenvalue weighted by atomic mass is 9.98. The predicted molar refractivity (Wildman–Crippen MR) is 66.5 cm³/mol. The average molecular weight is 316 g/mol. The molecule has 1 unspecified atom stereocenters. The van der Waals surface area contributed by atoms with Gasteiger partial charge in [0.05, 0.1) is 10.5 Å². The average Bonchev–Trinajstić information content (AvgIpc) is 2.35. The quantitative estimate of drug-likeness (QED) is 0.835. The van der Waals surface area contributed by atoms with Gasteiger partial charge in [0.15, 0.2) is 0 Å². The van der Waals surface area contributed by atoms with Crippen molar-refractivity contribution in [2.45, 2.75) is 6.04 Å². The number of hydrogen-bond acceptors (Lipinski definition) is 1. The van der Waals surface area contributed by atoms with Crippen LogP contribution >= 0.6 is 15.9 Å². The Labute approximate surface area is 111 Å². The van der Waals surface area contributed by atoms with Crippen LogP contribution in [0.3, 0.4) is 0 Å². The number of halogens is 4. The van der Waals surface area contributed by atoms with E-state index < -0.39 is 23.5 Å². The highest BCUT2D eigenvalue weighted by atomic mass is 79.9. The second-order valence-corrected chi connectivity index (χ2v) is 4.64. The fourth-order valence-electron chi connectivity index (χ4n) is 1.66. The predicted octanol–water partition coefficient (Wildman–Crippen LogP) is 3.91. The van der Waals surface area contributed by atoms with Crippen LogP contribution in [0.15, 0.2) is 40.9 Å². The fourth-order valence-corrected chi connectivity index (χ4v) is 2.01. The van der Waals surface area contributed by atoms with Crippen LogP contribution in [0, 0.1) is 17.5 Å². The molecule has 0 aliphatic carbocycles. The molecule has 2 aromatic rings. The molecule has 0 aromatic heterocycles. The number of rotatable bonds is 2. The summed E-state index contributed by atoms with van der Waals surface area (Å²) in [5, 5.41) is 0. The molecule has 0 bridgehead atoms. The summed E-state index contributed by atoms with van der Waals surface area (Å²) in [7, 11) is 0. The molecule has 2 aromatic carbocycles. The van der Waals surface area contributed by atoms with Gasteiger partial charge in [0.25, 0.3) is 0 Å². The van der Waals surface area contributed by atoms with Crippen LogP contribution in [0.4, 0.5) is 13.2 Å². The zero-order valence-electron chi connectivity index (χ0n) is 9.13. The van der Waals surface area contributed by atoms with E-state index in [1.165, 1.54) is 30.3 Å².